The Labute approximate surface area is 286 Å². The molecule has 1 saturated carbocycles. The highest BCUT2D eigenvalue weighted by atomic mass is 35.5. The third kappa shape index (κ3) is 8.28. The Morgan fingerprint density at radius 3 is 2.42 bits per heavy atom. The average molecular weight is 729 g/mol. The highest BCUT2D eigenvalue weighted by Gasteiger charge is 2.42. The molecule has 11 nitrogen and oxygen atoms in total. The van der Waals surface area contributed by atoms with Crippen molar-refractivity contribution in [1.29, 1.82) is 0 Å². The first-order valence-corrected chi connectivity index (χ1v) is 17.3. The first-order valence-electron chi connectivity index (χ1n) is 15.1. The van der Waals surface area contributed by atoms with E-state index in [-0.39, 0.29) is 69.5 Å². The van der Waals surface area contributed by atoms with Crippen LogP contribution in [0, 0.1) is 11.1 Å². The van der Waals surface area contributed by atoms with Crippen LogP contribution in [0.4, 0.5) is 8.78 Å². The van der Waals surface area contributed by atoms with Crippen molar-refractivity contribution in [3.05, 3.63) is 86.8 Å². The van der Waals surface area contributed by atoms with E-state index in [9.17, 15) is 32.0 Å². The van der Waals surface area contributed by atoms with Crippen LogP contribution in [-0.2, 0) is 26.0 Å². The van der Waals surface area contributed by atoms with E-state index in [4.69, 9.17) is 32.7 Å². The summed E-state index contributed by atoms with van der Waals surface area (Å²) in [5, 5.41) is 11.9. The second-order valence-corrected chi connectivity index (χ2v) is 14.5. The Morgan fingerprint density at radius 2 is 1.77 bits per heavy atom. The Bertz CT molecular complexity index is 1770. The standard InChI is InChI=1S/C32H33Cl2F2N3O8S/c1-37(2)30(40)21-5-3-6-22(13-21)48(43,44)39-12-4-7-26(39)31(41)46-28(15-23-24(33)16-38(42)17-25(23)34)20-10-11-27(47-32(35)36)29(14-20)45-18-19-8-9-19/h3,5-6,10-11,13-14,16-17,19,26,28,32H,4,7-9,12,15,18H2,1-2H3/t26-,28-/m1/s1. The van der Waals surface area contributed by atoms with E-state index in [1.807, 2.05) is 0 Å². The zero-order chi connectivity index (χ0) is 34.7. The minimum Gasteiger partial charge on any atom is -0.619 e. The molecule has 1 aromatic heterocycles. The van der Waals surface area contributed by atoms with Gasteiger partial charge in [-0.05, 0) is 67.5 Å². The van der Waals surface area contributed by atoms with Crippen LogP contribution < -0.4 is 14.2 Å². The van der Waals surface area contributed by atoms with E-state index >= 15 is 0 Å². The van der Waals surface area contributed by atoms with Crippen molar-refractivity contribution in [2.45, 2.75) is 55.8 Å². The molecule has 1 amide bonds. The van der Waals surface area contributed by atoms with Gasteiger partial charge in [0.15, 0.2) is 23.9 Å². The van der Waals surface area contributed by atoms with Crippen LogP contribution in [-0.4, -0.2) is 69.4 Å². The zero-order valence-electron chi connectivity index (χ0n) is 26.0. The van der Waals surface area contributed by atoms with Gasteiger partial charge >= 0.3 is 12.6 Å². The van der Waals surface area contributed by atoms with E-state index in [1.54, 1.807) is 14.1 Å². The number of nitrogens with zero attached hydrogens (tertiary/aromatic N) is 3. The van der Waals surface area contributed by atoms with Gasteiger partial charge < -0.3 is 24.3 Å². The van der Waals surface area contributed by atoms with Crippen LogP contribution in [0.3, 0.4) is 0 Å². The third-order valence-corrected chi connectivity index (χ3v) is 10.6. The van der Waals surface area contributed by atoms with Gasteiger partial charge in [-0.3, -0.25) is 9.59 Å². The number of carbonyl (C=O) groups excluding carboxylic acids is 2. The number of rotatable bonds is 13. The largest absolute Gasteiger partial charge is 0.619 e. The molecule has 1 aliphatic heterocycles. The topological polar surface area (TPSA) is 129 Å². The smallest absolute Gasteiger partial charge is 0.387 e. The van der Waals surface area contributed by atoms with Crippen LogP contribution in [0.5, 0.6) is 11.5 Å². The minimum absolute atomic E-state index is 0.000582. The molecule has 0 spiro atoms. The maximum atomic E-state index is 13.9. The van der Waals surface area contributed by atoms with Crippen molar-refractivity contribution in [3.8, 4) is 11.5 Å². The summed E-state index contributed by atoms with van der Waals surface area (Å²) in [7, 11) is -1.16. The first-order chi connectivity index (χ1) is 22.7. The zero-order valence-corrected chi connectivity index (χ0v) is 28.3. The molecule has 2 heterocycles. The number of carbonyl (C=O) groups is 2. The third-order valence-electron chi connectivity index (χ3n) is 8.00. The number of halogens is 4. The Hall–Kier alpha value is -3.72. The molecule has 2 atom stereocenters. The number of ether oxygens (including phenoxy) is 3. The summed E-state index contributed by atoms with van der Waals surface area (Å²) in [6.45, 7) is -2.83. The van der Waals surface area contributed by atoms with Crippen molar-refractivity contribution in [1.82, 2.24) is 9.21 Å². The lowest BCUT2D eigenvalue weighted by Crippen LogP contribution is -2.42. The number of pyridine rings is 1. The number of hydrogen-bond acceptors (Lipinski definition) is 8. The lowest BCUT2D eigenvalue weighted by molar-refractivity contribution is -0.605. The molecule has 48 heavy (non-hydrogen) atoms. The Morgan fingerprint density at radius 1 is 1.06 bits per heavy atom. The average Bonchev–Trinajstić information content (AvgIpc) is 3.72. The first kappa shape index (κ1) is 35.6. The molecule has 16 heteroatoms. The van der Waals surface area contributed by atoms with Crippen LogP contribution in [0.2, 0.25) is 10.0 Å². The molecule has 5 rings (SSSR count). The predicted molar refractivity (Wildman–Crippen MR) is 171 cm³/mol. The predicted octanol–water partition coefficient (Wildman–Crippen LogP) is 5.40. The maximum Gasteiger partial charge on any atom is 0.387 e. The van der Waals surface area contributed by atoms with Crippen LogP contribution >= 0.6 is 23.2 Å². The van der Waals surface area contributed by atoms with Gasteiger partial charge in [-0.15, -0.1) is 0 Å². The molecule has 0 radical (unpaired) electrons. The molecule has 0 bridgehead atoms. The Balaban J connectivity index is 1.47. The second kappa shape index (κ2) is 14.8. The van der Waals surface area contributed by atoms with Gasteiger partial charge in [-0.2, -0.15) is 17.8 Å². The van der Waals surface area contributed by atoms with Gasteiger partial charge in [0.2, 0.25) is 10.0 Å². The maximum absolute atomic E-state index is 13.9. The summed E-state index contributed by atoms with van der Waals surface area (Å²) >= 11 is 12.7. The number of amides is 1. The monoisotopic (exact) mass is 727 g/mol. The van der Waals surface area contributed by atoms with Crippen molar-refractivity contribution < 1.29 is 45.7 Å². The van der Waals surface area contributed by atoms with Gasteiger partial charge in [0.25, 0.3) is 5.91 Å². The van der Waals surface area contributed by atoms with Crippen molar-refractivity contribution >= 4 is 45.1 Å². The van der Waals surface area contributed by atoms with E-state index in [0.717, 1.165) is 29.5 Å². The van der Waals surface area contributed by atoms with Crippen LogP contribution in [0.1, 0.15) is 53.3 Å². The molecule has 2 aliphatic rings. The van der Waals surface area contributed by atoms with Gasteiger partial charge in [-0.25, -0.2) is 8.42 Å². The normalized spacial score (nSPS) is 17.3. The quantitative estimate of drug-likeness (QED) is 0.130. The fraction of sp³-hybridized carbons (Fsp3) is 0.406. The molecular formula is C32H33Cl2F2N3O8S. The molecule has 0 N–H and O–H groups in total. The molecule has 0 unspecified atom stereocenters. The Kier molecular flexibility index (Phi) is 11.0. The number of esters is 1. The van der Waals surface area contributed by atoms with Crippen molar-refractivity contribution in [3.63, 3.8) is 0 Å². The minimum atomic E-state index is -4.25. The molecule has 3 aromatic rings. The summed E-state index contributed by atoms with van der Waals surface area (Å²) in [6, 6.07) is 8.42. The number of aromatic nitrogens is 1. The molecule has 2 fully saturated rings. The molecule has 258 valence electrons. The van der Waals surface area contributed by atoms with E-state index in [2.05, 4.69) is 4.74 Å². The van der Waals surface area contributed by atoms with E-state index in [0.29, 0.717) is 16.7 Å². The fourth-order valence-electron chi connectivity index (χ4n) is 5.33. The van der Waals surface area contributed by atoms with E-state index in [1.165, 1.54) is 47.4 Å². The molecule has 2 aromatic carbocycles. The van der Waals surface area contributed by atoms with Gasteiger partial charge in [0, 0.05) is 38.2 Å². The van der Waals surface area contributed by atoms with E-state index < -0.39 is 40.7 Å². The summed E-state index contributed by atoms with van der Waals surface area (Å²) in [5.74, 6) is -1.21. The van der Waals surface area contributed by atoms with Crippen LogP contribution in [0.15, 0.2) is 59.8 Å². The highest BCUT2D eigenvalue weighted by molar-refractivity contribution is 7.89. The van der Waals surface area contributed by atoms with Gasteiger partial charge in [0.1, 0.15) is 22.2 Å². The number of alkyl halides is 2. The summed E-state index contributed by atoms with van der Waals surface area (Å²) in [5.41, 5.74) is 0.716. The van der Waals surface area contributed by atoms with Crippen LogP contribution in [0.25, 0.3) is 0 Å². The van der Waals surface area contributed by atoms with Gasteiger partial charge in [0.05, 0.1) is 11.5 Å². The second-order valence-electron chi connectivity index (χ2n) is 11.8. The lowest BCUT2D eigenvalue weighted by atomic mass is 10.0. The SMILES string of the molecule is CN(C)C(=O)c1cccc(S(=O)(=O)N2CCC[C@@H]2C(=O)O[C@H](Cc2c(Cl)c[n+]([O-])cc2Cl)c2ccc(OC(F)F)c(OCC3CC3)c2)c1. The number of hydrogen-bond donors (Lipinski definition) is 0. The lowest BCUT2D eigenvalue weighted by Gasteiger charge is -2.26. The number of sulfonamides is 1. The van der Waals surface area contributed by atoms with Crippen molar-refractivity contribution in [2.24, 2.45) is 5.92 Å². The summed E-state index contributed by atoms with van der Waals surface area (Å²) in [4.78, 5) is 27.5. The number of benzene rings is 2. The molecule has 1 aliphatic carbocycles. The summed E-state index contributed by atoms with van der Waals surface area (Å²) < 4.78 is 71.9. The van der Waals surface area contributed by atoms with Crippen molar-refractivity contribution in [2.75, 3.05) is 27.2 Å². The fourth-order valence-corrected chi connectivity index (χ4v) is 7.62. The molecular weight excluding hydrogens is 695 g/mol. The summed E-state index contributed by atoms with van der Waals surface area (Å²) in [6.07, 6.45) is 3.21. The van der Waals surface area contributed by atoms with Gasteiger partial charge in [-0.1, -0.05) is 35.3 Å². The highest BCUT2D eigenvalue weighted by Crippen LogP contribution is 2.38. The molecule has 1 saturated heterocycles.